The fourth-order valence-electron chi connectivity index (χ4n) is 1.91. The molecular formula is C13H26BNO3. The smallest absolute Gasteiger partial charge is 0.403 e. The highest BCUT2D eigenvalue weighted by atomic mass is 16.7. The first-order chi connectivity index (χ1) is 8.19. The Morgan fingerprint density at radius 1 is 1.17 bits per heavy atom. The van der Waals surface area contributed by atoms with Gasteiger partial charge in [-0.05, 0) is 46.4 Å². The summed E-state index contributed by atoms with van der Waals surface area (Å²) in [4.78, 5) is 4.87. The molecule has 0 radical (unpaired) electrons. The standard InChI is InChI=1S/C13H26BNO3/c1-10(2)11(15-16-7)8-9-14-17-12(3,4)13(5,6)18-14/h10H,8-9H2,1-7H3/b15-11-. The van der Waals surface area contributed by atoms with Crippen LogP contribution in [0.2, 0.25) is 6.32 Å². The zero-order chi connectivity index (χ0) is 14.0. The lowest BCUT2D eigenvalue weighted by molar-refractivity contribution is 0.00578. The first kappa shape index (κ1) is 15.5. The Morgan fingerprint density at radius 3 is 2.06 bits per heavy atom. The molecule has 18 heavy (non-hydrogen) atoms. The van der Waals surface area contributed by atoms with E-state index in [-0.39, 0.29) is 18.3 Å². The van der Waals surface area contributed by atoms with Crippen LogP contribution in [-0.2, 0) is 14.1 Å². The van der Waals surface area contributed by atoms with E-state index in [1.165, 1.54) is 0 Å². The summed E-state index contributed by atoms with van der Waals surface area (Å²) in [5.74, 6) is 0.382. The van der Waals surface area contributed by atoms with Gasteiger partial charge < -0.3 is 14.1 Å². The summed E-state index contributed by atoms with van der Waals surface area (Å²) in [6.45, 7) is 12.5. The van der Waals surface area contributed by atoms with Crippen molar-refractivity contribution in [2.24, 2.45) is 11.1 Å². The van der Waals surface area contributed by atoms with Crippen LogP contribution in [-0.4, -0.2) is 31.1 Å². The molecule has 0 N–H and O–H groups in total. The van der Waals surface area contributed by atoms with Crippen LogP contribution >= 0.6 is 0 Å². The molecule has 0 aromatic rings. The molecule has 0 atom stereocenters. The van der Waals surface area contributed by atoms with Crippen LogP contribution in [0.25, 0.3) is 0 Å². The van der Waals surface area contributed by atoms with E-state index in [4.69, 9.17) is 14.1 Å². The molecule has 0 amide bonds. The van der Waals surface area contributed by atoms with Gasteiger partial charge in [0.25, 0.3) is 0 Å². The van der Waals surface area contributed by atoms with E-state index in [1.54, 1.807) is 7.11 Å². The van der Waals surface area contributed by atoms with Crippen molar-refractivity contribution in [2.45, 2.75) is 65.5 Å². The van der Waals surface area contributed by atoms with Gasteiger partial charge >= 0.3 is 7.12 Å². The molecule has 0 saturated carbocycles. The van der Waals surface area contributed by atoms with Gasteiger partial charge in [-0.25, -0.2) is 0 Å². The molecule has 0 aromatic carbocycles. The number of hydrogen-bond donors (Lipinski definition) is 0. The summed E-state index contributed by atoms with van der Waals surface area (Å²) < 4.78 is 11.9. The summed E-state index contributed by atoms with van der Waals surface area (Å²) in [6.07, 6.45) is 1.65. The molecule has 1 saturated heterocycles. The van der Waals surface area contributed by atoms with Gasteiger partial charge in [0.2, 0.25) is 0 Å². The summed E-state index contributed by atoms with van der Waals surface area (Å²) in [5, 5.41) is 4.06. The van der Waals surface area contributed by atoms with Crippen LogP contribution in [0, 0.1) is 5.92 Å². The topological polar surface area (TPSA) is 40.0 Å². The monoisotopic (exact) mass is 255 g/mol. The fraction of sp³-hybridized carbons (Fsp3) is 0.923. The van der Waals surface area contributed by atoms with Gasteiger partial charge in [0.15, 0.2) is 0 Å². The van der Waals surface area contributed by atoms with Crippen LogP contribution in [0.15, 0.2) is 5.16 Å². The van der Waals surface area contributed by atoms with Crippen LogP contribution in [0.3, 0.4) is 0 Å². The molecule has 0 bridgehead atoms. The second-order valence-corrected chi connectivity index (χ2v) is 6.14. The molecule has 5 heteroatoms. The van der Waals surface area contributed by atoms with Crippen molar-refractivity contribution in [3.05, 3.63) is 0 Å². The van der Waals surface area contributed by atoms with Gasteiger partial charge in [-0.1, -0.05) is 19.0 Å². The van der Waals surface area contributed by atoms with Crippen molar-refractivity contribution in [1.29, 1.82) is 0 Å². The SMILES string of the molecule is CO/N=C(/CCB1OC(C)(C)C(C)(C)O1)C(C)C. The fourth-order valence-corrected chi connectivity index (χ4v) is 1.91. The van der Waals surface area contributed by atoms with Crippen molar-refractivity contribution in [3.8, 4) is 0 Å². The lowest BCUT2D eigenvalue weighted by Crippen LogP contribution is -2.41. The maximum atomic E-state index is 5.95. The lowest BCUT2D eigenvalue weighted by Gasteiger charge is -2.32. The Kier molecular flexibility index (Phi) is 4.84. The molecule has 0 aromatic heterocycles. The molecule has 1 rings (SSSR count). The maximum absolute atomic E-state index is 5.95. The minimum atomic E-state index is -0.256. The normalized spacial score (nSPS) is 22.7. The highest BCUT2D eigenvalue weighted by molar-refractivity contribution is 6.45. The molecule has 0 unspecified atom stereocenters. The van der Waals surface area contributed by atoms with E-state index >= 15 is 0 Å². The predicted octanol–water partition coefficient (Wildman–Crippen LogP) is 3.13. The third-order valence-corrected chi connectivity index (χ3v) is 3.81. The minimum Gasteiger partial charge on any atom is -0.403 e. The van der Waals surface area contributed by atoms with Gasteiger partial charge in [0, 0.05) is 0 Å². The lowest BCUT2D eigenvalue weighted by atomic mass is 9.81. The van der Waals surface area contributed by atoms with Crippen molar-refractivity contribution in [1.82, 2.24) is 0 Å². The molecular weight excluding hydrogens is 229 g/mol. The van der Waals surface area contributed by atoms with Crippen LogP contribution in [0.5, 0.6) is 0 Å². The Labute approximate surface area is 111 Å². The summed E-state index contributed by atoms with van der Waals surface area (Å²) in [7, 11) is 1.42. The maximum Gasteiger partial charge on any atom is 0.458 e. The van der Waals surface area contributed by atoms with Crippen LogP contribution in [0.4, 0.5) is 0 Å². The van der Waals surface area contributed by atoms with Gasteiger partial charge in [0.05, 0.1) is 16.9 Å². The molecule has 1 aliphatic heterocycles. The van der Waals surface area contributed by atoms with Gasteiger partial charge in [-0.2, -0.15) is 0 Å². The highest BCUT2D eigenvalue weighted by Crippen LogP contribution is 2.38. The Balaban J connectivity index is 2.54. The number of rotatable bonds is 5. The zero-order valence-corrected chi connectivity index (χ0v) is 12.7. The van der Waals surface area contributed by atoms with E-state index in [0.29, 0.717) is 5.92 Å². The average molecular weight is 255 g/mol. The van der Waals surface area contributed by atoms with Crippen molar-refractivity contribution in [3.63, 3.8) is 0 Å². The second-order valence-electron chi connectivity index (χ2n) is 6.14. The summed E-state index contributed by atoms with van der Waals surface area (Å²) in [5.41, 5.74) is 0.537. The van der Waals surface area contributed by atoms with E-state index in [2.05, 4.69) is 46.7 Å². The number of nitrogens with zero attached hydrogens (tertiary/aromatic N) is 1. The van der Waals surface area contributed by atoms with Gasteiger partial charge in [0.1, 0.15) is 7.11 Å². The molecule has 1 heterocycles. The second kappa shape index (κ2) is 5.62. The van der Waals surface area contributed by atoms with E-state index in [0.717, 1.165) is 18.5 Å². The quantitative estimate of drug-likeness (QED) is 0.430. The molecule has 4 nitrogen and oxygen atoms in total. The third kappa shape index (κ3) is 3.48. The molecule has 104 valence electrons. The average Bonchev–Trinajstić information content (AvgIpc) is 2.42. The molecule has 0 aliphatic carbocycles. The summed E-state index contributed by atoms with van der Waals surface area (Å²) in [6, 6.07) is 0. The molecule has 1 fully saturated rings. The molecule has 1 aliphatic rings. The van der Waals surface area contributed by atoms with Crippen LogP contribution in [0.1, 0.15) is 48.0 Å². The first-order valence-electron chi connectivity index (χ1n) is 6.65. The highest BCUT2D eigenvalue weighted by Gasteiger charge is 2.50. The van der Waals surface area contributed by atoms with Crippen molar-refractivity contribution >= 4 is 12.8 Å². The Hall–Kier alpha value is -0.545. The number of oxime groups is 1. The Bertz CT molecular complexity index is 297. The van der Waals surface area contributed by atoms with Crippen LogP contribution < -0.4 is 0 Å². The minimum absolute atomic E-state index is 0.157. The zero-order valence-electron chi connectivity index (χ0n) is 12.7. The largest absolute Gasteiger partial charge is 0.458 e. The summed E-state index contributed by atoms with van der Waals surface area (Å²) >= 11 is 0. The van der Waals surface area contributed by atoms with Crippen molar-refractivity contribution < 1.29 is 14.1 Å². The first-order valence-corrected chi connectivity index (χ1v) is 6.65. The third-order valence-electron chi connectivity index (χ3n) is 3.81. The Morgan fingerprint density at radius 2 is 1.67 bits per heavy atom. The predicted molar refractivity (Wildman–Crippen MR) is 74.8 cm³/mol. The number of hydrogen-bond acceptors (Lipinski definition) is 4. The van der Waals surface area contributed by atoms with E-state index in [9.17, 15) is 0 Å². The molecule has 0 spiro atoms. The van der Waals surface area contributed by atoms with Gasteiger partial charge in [-0.3, -0.25) is 0 Å². The van der Waals surface area contributed by atoms with E-state index < -0.39 is 0 Å². The van der Waals surface area contributed by atoms with Crippen molar-refractivity contribution in [2.75, 3.05) is 7.11 Å². The van der Waals surface area contributed by atoms with Gasteiger partial charge in [-0.15, -0.1) is 0 Å². The van der Waals surface area contributed by atoms with E-state index in [1.807, 2.05) is 0 Å².